The number of phenols is 1. The molecule has 0 heterocycles. The number of nitriles is 1. The number of phenolic OH excluding ortho intramolecular Hbond substituents is 1. The van der Waals surface area contributed by atoms with Gasteiger partial charge >= 0.3 is 5.97 Å². The van der Waals surface area contributed by atoms with Gasteiger partial charge in [0.15, 0.2) is 0 Å². The number of benzene rings is 1. The maximum Gasteiger partial charge on any atom is 0.341 e. The number of nitrogens with zero attached hydrogens (tertiary/aromatic N) is 1. The largest absolute Gasteiger partial charge is 0.506 e. The number of carbonyl (C=O) groups is 1. The van der Waals surface area contributed by atoms with E-state index in [1.54, 1.807) is 13.0 Å². The number of aromatic hydroxyl groups is 1. The van der Waals surface area contributed by atoms with Crippen molar-refractivity contribution in [1.29, 1.82) is 5.26 Å². The number of carbonyl (C=O) groups excluding carboxylic acids is 1. The summed E-state index contributed by atoms with van der Waals surface area (Å²) in [4.78, 5) is 11.3. The van der Waals surface area contributed by atoms with Crippen LogP contribution in [0.2, 0.25) is 0 Å². The van der Waals surface area contributed by atoms with Crippen molar-refractivity contribution in [2.45, 2.75) is 6.92 Å². The lowest BCUT2D eigenvalue weighted by Gasteiger charge is -2.06. The fraction of sp³-hybridized carbons (Fsp3) is 0.200. The maximum absolute atomic E-state index is 11.3. The van der Waals surface area contributed by atoms with Crippen LogP contribution in [0.25, 0.3) is 0 Å². The van der Waals surface area contributed by atoms with Crippen LogP contribution < -0.4 is 0 Å². The molecule has 0 atom stereocenters. The molecule has 0 amide bonds. The zero-order valence-electron chi connectivity index (χ0n) is 7.95. The minimum absolute atomic E-state index is 0.00315. The molecule has 0 aromatic heterocycles. The number of esters is 1. The molecule has 0 fully saturated rings. The Kier molecular flexibility index (Phi) is 3.69. The van der Waals surface area contributed by atoms with Crippen molar-refractivity contribution >= 4 is 21.9 Å². The lowest BCUT2D eigenvalue weighted by atomic mass is 10.1. The molecule has 0 bridgehead atoms. The van der Waals surface area contributed by atoms with Crippen LogP contribution in [0.5, 0.6) is 5.75 Å². The molecule has 5 heteroatoms. The first-order valence-corrected chi connectivity index (χ1v) is 4.99. The normalized spacial score (nSPS) is 9.40. The Morgan fingerprint density at radius 3 is 2.87 bits per heavy atom. The molecule has 0 aliphatic heterocycles. The van der Waals surface area contributed by atoms with E-state index in [9.17, 15) is 9.90 Å². The van der Waals surface area contributed by atoms with E-state index in [0.29, 0.717) is 4.47 Å². The van der Waals surface area contributed by atoms with Crippen LogP contribution in [-0.4, -0.2) is 17.7 Å². The second kappa shape index (κ2) is 4.80. The van der Waals surface area contributed by atoms with Gasteiger partial charge in [0.2, 0.25) is 0 Å². The van der Waals surface area contributed by atoms with E-state index in [2.05, 4.69) is 15.9 Å². The lowest BCUT2D eigenvalue weighted by Crippen LogP contribution is -2.05. The second-order valence-corrected chi connectivity index (χ2v) is 3.51. The predicted octanol–water partition coefficient (Wildman–Crippen LogP) is 2.20. The molecule has 0 radical (unpaired) electrons. The third-order valence-corrected chi connectivity index (χ3v) is 2.40. The number of ether oxygens (including phenoxy) is 1. The van der Waals surface area contributed by atoms with E-state index in [1.807, 2.05) is 0 Å². The van der Waals surface area contributed by atoms with Crippen LogP contribution in [0.3, 0.4) is 0 Å². The van der Waals surface area contributed by atoms with Crippen molar-refractivity contribution in [3.8, 4) is 11.8 Å². The van der Waals surface area contributed by atoms with Gasteiger partial charge in [-0.3, -0.25) is 0 Å². The summed E-state index contributed by atoms with van der Waals surface area (Å²) in [6, 6.07) is 4.72. The van der Waals surface area contributed by atoms with Crippen molar-refractivity contribution in [3.63, 3.8) is 0 Å². The Labute approximate surface area is 95.2 Å². The van der Waals surface area contributed by atoms with E-state index in [1.165, 1.54) is 12.1 Å². The van der Waals surface area contributed by atoms with Crippen LogP contribution in [0.4, 0.5) is 0 Å². The van der Waals surface area contributed by atoms with Gasteiger partial charge in [-0.1, -0.05) is 0 Å². The molecule has 4 nitrogen and oxygen atoms in total. The van der Waals surface area contributed by atoms with Gasteiger partial charge in [0.05, 0.1) is 6.61 Å². The summed E-state index contributed by atoms with van der Waals surface area (Å²) in [5, 5.41) is 18.4. The first kappa shape index (κ1) is 11.5. The first-order chi connectivity index (χ1) is 7.11. The zero-order valence-corrected chi connectivity index (χ0v) is 9.54. The minimum Gasteiger partial charge on any atom is -0.506 e. The van der Waals surface area contributed by atoms with E-state index in [0.717, 1.165) is 0 Å². The molecule has 1 aromatic rings. The molecule has 1 N–H and O–H groups in total. The molecule has 0 unspecified atom stereocenters. The predicted molar refractivity (Wildman–Crippen MR) is 56.5 cm³/mol. The Morgan fingerprint density at radius 1 is 1.67 bits per heavy atom. The van der Waals surface area contributed by atoms with Gasteiger partial charge in [0, 0.05) is 4.47 Å². The summed E-state index contributed by atoms with van der Waals surface area (Å²) >= 11 is 3.09. The topological polar surface area (TPSA) is 70.3 Å². The Hall–Kier alpha value is -1.54. The zero-order chi connectivity index (χ0) is 11.4. The summed E-state index contributed by atoms with van der Waals surface area (Å²) in [7, 11) is 0. The SMILES string of the molecule is CCOC(=O)c1ccc(Br)c(C#N)c1O. The van der Waals surface area contributed by atoms with E-state index in [4.69, 9.17) is 10.00 Å². The van der Waals surface area contributed by atoms with Gasteiger partial charge in [0.25, 0.3) is 0 Å². The molecule has 78 valence electrons. The number of halogens is 1. The van der Waals surface area contributed by atoms with E-state index in [-0.39, 0.29) is 23.5 Å². The molecule has 15 heavy (non-hydrogen) atoms. The summed E-state index contributed by atoms with van der Waals surface area (Å²) in [6.07, 6.45) is 0. The third-order valence-electron chi connectivity index (χ3n) is 1.73. The fourth-order valence-electron chi connectivity index (χ4n) is 1.05. The second-order valence-electron chi connectivity index (χ2n) is 2.65. The first-order valence-electron chi connectivity index (χ1n) is 4.20. The molecular formula is C10H8BrNO3. The highest BCUT2D eigenvalue weighted by atomic mass is 79.9. The van der Waals surface area contributed by atoms with E-state index < -0.39 is 5.97 Å². The smallest absolute Gasteiger partial charge is 0.341 e. The number of hydrogen-bond donors (Lipinski definition) is 1. The highest BCUT2D eigenvalue weighted by Gasteiger charge is 2.17. The summed E-state index contributed by atoms with van der Waals surface area (Å²) in [5.74, 6) is -0.996. The maximum atomic E-state index is 11.3. The standard InChI is InChI=1S/C10H8BrNO3/c1-2-15-10(14)6-3-4-8(11)7(5-12)9(6)13/h3-4,13H,2H2,1H3. The highest BCUT2D eigenvalue weighted by molar-refractivity contribution is 9.10. The van der Waals surface area contributed by atoms with Crippen LogP contribution in [0.1, 0.15) is 22.8 Å². The monoisotopic (exact) mass is 269 g/mol. The van der Waals surface area contributed by atoms with Crippen molar-refractivity contribution < 1.29 is 14.6 Å². The van der Waals surface area contributed by atoms with Gasteiger partial charge in [0.1, 0.15) is 22.9 Å². The molecular weight excluding hydrogens is 262 g/mol. The fourth-order valence-corrected chi connectivity index (χ4v) is 1.46. The molecule has 0 aliphatic carbocycles. The third kappa shape index (κ3) is 2.28. The van der Waals surface area contributed by atoms with Crippen molar-refractivity contribution in [1.82, 2.24) is 0 Å². The average Bonchev–Trinajstić information content (AvgIpc) is 2.18. The van der Waals surface area contributed by atoms with Crippen molar-refractivity contribution in [2.75, 3.05) is 6.61 Å². The van der Waals surface area contributed by atoms with Gasteiger partial charge in [-0.05, 0) is 35.0 Å². The lowest BCUT2D eigenvalue weighted by molar-refractivity contribution is 0.0523. The Balaban J connectivity index is 3.23. The molecule has 0 saturated carbocycles. The molecule has 0 spiro atoms. The molecule has 0 aliphatic rings. The van der Waals surface area contributed by atoms with Crippen molar-refractivity contribution in [2.24, 2.45) is 0 Å². The molecule has 1 aromatic carbocycles. The summed E-state index contributed by atoms with van der Waals surface area (Å²) in [5.41, 5.74) is 0.0251. The van der Waals surface area contributed by atoms with Crippen LogP contribution in [0.15, 0.2) is 16.6 Å². The van der Waals surface area contributed by atoms with E-state index >= 15 is 0 Å². The number of rotatable bonds is 2. The van der Waals surface area contributed by atoms with Gasteiger partial charge in [-0.2, -0.15) is 5.26 Å². The number of hydrogen-bond acceptors (Lipinski definition) is 4. The van der Waals surface area contributed by atoms with Gasteiger partial charge in [-0.25, -0.2) is 4.79 Å². The van der Waals surface area contributed by atoms with Crippen LogP contribution in [-0.2, 0) is 4.74 Å². The molecule has 1 rings (SSSR count). The van der Waals surface area contributed by atoms with Crippen LogP contribution >= 0.6 is 15.9 Å². The minimum atomic E-state index is -0.640. The average molecular weight is 270 g/mol. The Bertz CT molecular complexity index is 437. The quantitative estimate of drug-likeness (QED) is 0.836. The van der Waals surface area contributed by atoms with Gasteiger partial charge in [-0.15, -0.1) is 0 Å². The summed E-state index contributed by atoms with van der Waals surface area (Å²) < 4.78 is 5.16. The van der Waals surface area contributed by atoms with Gasteiger partial charge < -0.3 is 9.84 Å². The van der Waals surface area contributed by atoms with Crippen LogP contribution in [0, 0.1) is 11.3 Å². The molecule has 0 saturated heterocycles. The summed E-state index contributed by atoms with van der Waals surface area (Å²) in [6.45, 7) is 1.88. The highest BCUT2D eigenvalue weighted by Crippen LogP contribution is 2.29. The Morgan fingerprint density at radius 2 is 2.33 bits per heavy atom. The van der Waals surface area contributed by atoms with Crippen molar-refractivity contribution in [3.05, 3.63) is 27.7 Å².